The van der Waals surface area contributed by atoms with E-state index in [0.717, 1.165) is 37.6 Å². The summed E-state index contributed by atoms with van der Waals surface area (Å²) in [6.45, 7) is 4.23. The van der Waals surface area contributed by atoms with Crippen molar-refractivity contribution >= 4 is 0 Å². The van der Waals surface area contributed by atoms with E-state index in [-0.39, 0.29) is 0 Å². The maximum Gasteiger partial charge on any atom is 0.137 e. The number of hydrogen-bond donors (Lipinski definition) is 0. The van der Waals surface area contributed by atoms with Gasteiger partial charge in [-0.15, -0.1) is 0 Å². The van der Waals surface area contributed by atoms with Crippen LogP contribution in [-0.4, -0.2) is 37.6 Å². The van der Waals surface area contributed by atoms with Crippen molar-refractivity contribution in [2.45, 2.75) is 19.6 Å². The van der Waals surface area contributed by atoms with Gasteiger partial charge in [0, 0.05) is 50.7 Å². The Labute approximate surface area is 147 Å². The molecule has 0 fully saturated rings. The Morgan fingerprint density at radius 2 is 2.04 bits per heavy atom. The van der Waals surface area contributed by atoms with Gasteiger partial charge in [0.05, 0.1) is 30.5 Å². The molecule has 0 aromatic carbocycles. The molecule has 1 unspecified atom stereocenters. The van der Waals surface area contributed by atoms with Crippen molar-refractivity contribution in [3.63, 3.8) is 0 Å². The van der Waals surface area contributed by atoms with E-state index in [9.17, 15) is 0 Å². The molecule has 6 heteroatoms. The third kappa shape index (κ3) is 4.03. The van der Waals surface area contributed by atoms with Crippen molar-refractivity contribution in [2.24, 2.45) is 5.92 Å². The summed E-state index contributed by atoms with van der Waals surface area (Å²) in [6.07, 6.45) is 9.22. The van der Waals surface area contributed by atoms with Gasteiger partial charge in [0.2, 0.25) is 0 Å². The van der Waals surface area contributed by atoms with Crippen molar-refractivity contribution in [2.75, 3.05) is 13.2 Å². The summed E-state index contributed by atoms with van der Waals surface area (Å²) in [6, 6.07) is 9.89. The van der Waals surface area contributed by atoms with Crippen LogP contribution in [-0.2, 0) is 19.6 Å². The van der Waals surface area contributed by atoms with E-state index in [0.29, 0.717) is 12.5 Å². The molecule has 3 aromatic heterocycles. The SMILES string of the molecule is c1ccc(CN2Cc3cncn3CC(COc3cccnc3)C2)nc1. The van der Waals surface area contributed by atoms with Crippen molar-refractivity contribution in [1.29, 1.82) is 0 Å². The van der Waals surface area contributed by atoms with Gasteiger partial charge < -0.3 is 9.30 Å². The standard InChI is InChI=1S/C19H21N5O/c1-2-7-22-17(4-1)12-23-10-16(11-24-15-21-8-18(24)13-23)14-25-19-5-3-6-20-9-19/h1-9,15-16H,10-14H2. The fourth-order valence-corrected chi connectivity index (χ4v) is 3.23. The molecule has 0 bridgehead atoms. The Balaban J connectivity index is 1.47. The number of pyridine rings is 2. The van der Waals surface area contributed by atoms with E-state index in [1.165, 1.54) is 5.69 Å². The van der Waals surface area contributed by atoms with Crippen LogP contribution in [0.1, 0.15) is 11.4 Å². The van der Waals surface area contributed by atoms with E-state index in [4.69, 9.17) is 4.74 Å². The maximum atomic E-state index is 5.95. The smallest absolute Gasteiger partial charge is 0.137 e. The highest BCUT2D eigenvalue weighted by molar-refractivity contribution is 5.15. The van der Waals surface area contributed by atoms with Crippen molar-refractivity contribution in [1.82, 2.24) is 24.4 Å². The molecule has 0 spiro atoms. The summed E-state index contributed by atoms with van der Waals surface area (Å²) < 4.78 is 8.18. The molecule has 4 rings (SSSR count). The van der Waals surface area contributed by atoms with E-state index >= 15 is 0 Å². The molecule has 4 heterocycles. The predicted octanol–water partition coefficient (Wildman–Crippen LogP) is 2.38. The van der Waals surface area contributed by atoms with Gasteiger partial charge in [0.25, 0.3) is 0 Å². The first-order chi connectivity index (χ1) is 12.4. The van der Waals surface area contributed by atoms with Crippen LogP contribution in [0.25, 0.3) is 0 Å². The highest BCUT2D eigenvalue weighted by Crippen LogP contribution is 2.19. The number of rotatable bonds is 5. The van der Waals surface area contributed by atoms with Crippen molar-refractivity contribution < 1.29 is 4.74 Å². The molecule has 6 nitrogen and oxygen atoms in total. The van der Waals surface area contributed by atoms with Crippen LogP contribution < -0.4 is 4.74 Å². The second-order valence-electron chi connectivity index (χ2n) is 6.39. The van der Waals surface area contributed by atoms with Gasteiger partial charge >= 0.3 is 0 Å². The Bertz CT molecular complexity index is 790. The number of ether oxygens (including phenoxy) is 1. The summed E-state index contributed by atoms with van der Waals surface area (Å²) in [4.78, 5) is 15.3. The second-order valence-corrected chi connectivity index (χ2v) is 6.39. The fraction of sp³-hybridized carbons (Fsp3) is 0.316. The fourth-order valence-electron chi connectivity index (χ4n) is 3.23. The predicted molar refractivity (Wildman–Crippen MR) is 93.8 cm³/mol. The molecule has 0 amide bonds. The Hall–Kier alpha value is -2.73. The lowest BCUT2D eigenvalue weighted by atomic mass is 10.1. The maximum absolute atomic E-state index is 5.95. The van der Waals surface area contributed by atoms with E-state index in [1.807, 2.05) is 43.0 Å². The Morgan fingerprint density at radius 1 is 1.04 bits per heavy atom. The minimum absolute atomic E-state index is 0.374. The third-order valence-corrected chi connectivity index (χ3v) is 4.39. The molecule has 0 radical (unpaired) electrons. The molecule has 0 saturated heterocycles. The lowest BCUT2D eigenvalue weighted by Gasteiger charge is -2.23. The minimum atomic E-state index is 0.374. The topological polar surface area (TPSA) is 56.1 Å². The summed E-state index contributed by atoms with van der Waals surface area (Å²) in [7, 11) is 0. The zero-order valence-corrected chi connectivity index (χ0v) is 14.0. The first-order valence-electron chi connectivity index (χ1n) is 8.51. The number of aromatic nitrogens is 4. The van der Waals surface area contributed by atoms with Crippen LogP contribution in [0, 0.1) is 5.92 Å². The Morgan fingerprint density at radius 3 is 2.88 bits per heavy atom. The third-order valence-electron chi connectivity index (χ3n) is 4.39. The minimum Gasteiger partial charge on any atom is -0.492 e. The lowest BCUT2D eigenvalue weighted by molar-refractivity contribution is 0.166. The molecule has 1 aliphatic heterocycles. The van der Waals surface area contributed by atoms with Crippen LogP contribution in [0.2, 0.25) is 0 Å². The molecule has 1 aliphatic rings. The van der Waals surface area contributed by atoms with E-state index in [2.05, 4.69) is 30.5 Å². The van der Waals surface area contributed by atoms with Gasteiger partial charge in [-0.05, 0) is 24.3 Å². The molecule has 0 aliphatic carbocycles. The first-order valence-corrected chi connectivity index (χ1v) is 8.51. The van der Waals surface area contributed by atoms with Gasteiger partial charge in [0.15, 0.2) is 0 Å². The number of fused-ring (bicyclic) bond motifs is 1. The summed E-state index contributed by atoms with van der Waals surface area (Å²) in [5.74, 6) is 1.19. The highest BCUT2D eigenvalue weighted by atomic mass is 16.5. The number of nitrogens with zero attached hydrogens (tertiary/aromatic N) is 5. The average molecular weight is 335 g/mol. The zero-order chi connectivity index (χ0) is 16.9. The molecule has 25 heavy (non-hydrogen) atoms. The van der Waals surface area contributed by atoms with Crippen molar-refractivity contribution in [3.05, 3.63) is 72.8 Å². The first kappa shape index (κ1) is 15.8. The van der Waals surface area contributed by atoms with E-state index in [1.54, 1.807) is 12.4 Å². The molecule has 1 atom stereocenters. The summed E-state index contributed by atoms with van der Waals surface area (Å²) in [5.41, 5.74) is 2.32. The van der Waals surface area contributed by atoms with E-state index < -0.39 is 0 Å². The van der Waals surface area contributed by atoms with Gasteiger partial charge in [-0.25, -0.2) is 4.98 Å². The van der Waals surface area contributed by atoms with Gasteiger partial charge in [-0.2, -0.15) is 0 Å². The second kappa shape index (κ2) is 7.44. The molecular formula is C19H21N5O. The monoisotopic (exact) mass is 335 g/mol. The number of imidazole rings is 1. The quantitative estimate of drug-likeness (QED) is 0.716. The molecular weight excluding hydrogens is 314 g/mol. The summed E-state index contributed by atoms with van der Waals surface area (Å²) >= 11 is 0. The highest BCUT2D eigenvalue weighted by Gasteiger charge is 2.23. The molecule has 0 saturated carbocycles. The number of hydrogen-bond acceptors (Lipinski definition) is 5. The van der Waals surface area contributed by atoms with Gasteiger partial charge in [0.1, 0.15) is 5.75 Å². The van der Waals surface area contributed by atoms with Crippen LogP contribution in [0.4, 0.5) is 0 Å². The van der Waals surface area contributed by atoms with Gasteiger partial charge in [-0.3, -0.25) is 14.9 Å². The zero-order valence-electron chi connectivity index (χ0n) is 14.0. The normalized spacial score (nSPS) is 17.7. The van der Waals surface area contributed by atoms with Crippen LogP contribution >= 0.6 is 0 Å². The van der Waals surface area contributed by atoms with Crippen molar-refractivity contribution in [3.8, 4) is 5.75 Å². The van der Waals surface area contributed by atoms with Crippen LogP contribution in [0.3, 0.4) is 0 Å². The van der Waals surface area contributed by atoms with Gasteiger partial charge in [-0.1, -0.05) is 6.07 Å². The molecule has 3 aromatic rings. The van der Waals surface area contributed by atoms with Crippen LogP contribution in [0.15, 0.2) is 61.4 Å². The largest absolute Gasteiger partial charge is 0.492 e. The van der Waals surface area contributed by atoms with Crippen LogP contribution in [0.5, 0.6) is 5.75 Å². The molecule has 0 N–H and O–H groups in total. The summed E-state index contributed by atoms with van der Waals surface area (Å²) in [5, 5.41) is 0. The average Bonchev–Trinajstić information content (AvgIpc) is 3.01. The molecule has 128 valence electrons. The lowest BCUT2D eigenvalue weighted by Crippen LogP contribution is -2.31. The Kier molecular flexibility index (Phi) is 4.70.